The van der Waals surface area contributed by atoms with Gasteiger partial charge in [0.25, 0.3) is 0 Å². The zero-order valence-corrected chi connectivity index (χ0v) is 8.67. The van der Waals surface area contributed by atoms with Crippen molar-refractivity contribution in [2.24, 2.45) is 5.92 Å². The Morgan fingerprint density at radius 2 is 2.43 bits per heavy atom. The normalized spacial score (nSPS) is 24.9. The number of aliphatic hydroxyl groups excluding tert-OH is 1. The van der Waals surface area contributed by atoms with Crippen LogP contribution in [0.4, 0.5) is 0 Å². The number of rotatable bonds is 2. The number of nitrogens with zero attached hydrogens (tertiary/aromatic N) is 1. The van der Waals surface area contributed by atoms with Crippen LogP contribution in [0, 0.1) is 5.92 Å². The minimum absolute atomic E-state index is 0.193. The Kier molecular flexibility index (Phi) is 2.93. The van der Waals surface area contributed by atoms with Crippen molar-refractivity contribution in [3.8, 4) is 0 Å². The largest absolute Gasteiger partial charge is 0.385 e. The van der Waals surface area contributed by atoms with Crippen LogP contribution in [0.15, 0.2) is 11.6 Å². The molecule has 1 N–H and O–H groups in total. The Hall–Kier alpha value is -0.740. The van der Waals surface area contributed by atoms with Gasteiger partial charge in [-0.2, -0.15) is 0 Å². The highest BCUT2D eigenvalue weighted by molar-refractivity contribution is 7.09. The average Bonchev–Trinajstić information content (AvgIpc) is 2.70. The fourth-order valence-electron chi connectivity index (χ4n) is 1.90. The maximum absolute atomic E-state index is 11.5. The number of ketones is 1. The third-order valence-corrected chi connectivity index (χ3v) is 3.53. The molecule has 0 aliphatic heterocycles. The molecule has 1 aliphatic carbocycles. The molecule has 76 valence electrons. The van der Waals surface area contributed by atoms with E-state index in [1.807, 2.05) is 5.38 Å². The highest BCUT2D eigenvalue weighted by Gasteiger charge is 2.31. The van der Waals surface area contributed by atoms with Gasteiger partial charge in [0.05, 0.1) is 5.92 Å². The topological polar surface area (TPSA) is 50.2 Å². The fraction of sp³-hybridized carbons (Fsp3) is 0.600. The van der Waals surface area contributed by atoms with E-state index in [9.17, 15) is 9.90 Å². The molecular weight excluding hydrogens is 198 g/mol. The highest BCUT2D eigenvalue weighted by Crippen LogP contribution is 2.32. The molecule has 0 spiro atoms. The van der Waals surface area contributed by atoms with Crippen LogP contribution in [0.25, 0.3) is 0 Å². The fourth-order valence-corrected chi connectivity index (χ4v) is 2.58. The van der Waals surface area contributed by atoms with Gasteiger partial charge < -0.3 is 5.11 Å². The lowest BCUT2D eigenvalue weighted by Crippen LogP contribution is -2.25. The summed E-state index contributed by atoms with van der Waals surface area (Å²) in [6.45, 7) is 0. The first-order valence-electron chi connectivity index (χ1n) is 4.89. The lowest BCUT2D eigenvalue weighted by atomic mass is 9.84. The van der Waals surface area contributed by atoms with E-state index in [-0.39, 0.29) is 11.7 Å². The Morgan fingerprint density at radius 3 is 3.07 bits per heavy atom. The van der Waals surface area contributed by atoms with E-state index in [4.69, 9.17) is 0 Å². The number of carbonyl (C=O) groups excluding carboxylic acids is 1. The van der Waals surface area contributed by atoms with Gasteiger partial charge in [-0.1, -0.05) is 6.42 Å². The average molecular weight is 211 g/mol. The minimum atomic E-state index is -0.678. The van der Waals surface area contributed by atoms with E-state index in [2.05, 4.69) is 4.98 Å². The molecule has 3 nitrogen and oxygen atoms in total. The number of aliphatic hydroxyl groups is 1. The third kappa shape index (κ3) is 1.86. The summed E-state index contributed by atoms with van der Waals surface area (Å²) in [5, 5.41) is 12.4. The Bertz CT molecular complexity index is 310. The lowest BCUT2D eigenvalue weighted by Gasteiger charge is -2.23. The van der Waals surface area contributed by atoms with Crippen LogP contribution in [0.5, 0.6) is 0 Å². The van der Waals surface area contributed by atoms with Crippen molar-refractivity contribution in [2.75, 3.05) is 0 Å². The summed E-state index contributed by atoms with van der Waals surface area (Å²) < 4.78 is 0. The zero-order chi connectivity index (χ0) is 9.97. The maximum atomic E-state index is 11.5. The van der Waals surface area contributed by atoms with Crippen molar-refractivity contribution >= 4 is 17.1 Å². The Labute approximate surface area is 86.8 Å². The van der Waals surface area contributed by atoms with Crippen molar-refractivity contribution in [3.63, 3.8) is 0 Å². The van der Waals surface area contributed by atoms with Gasteiger partial charge >= 0.3 is 0 Å². The number of hydrogen-bond acceptors (Lipinski definition) is 4. The molecule has 1 heterocycles. The Balaban J connectivity index is 2.10. The summed E-state index contributed by atoms with van der Waals surface area (Å²) in [6, 6.07) is 0. The molecule has 0 unspecified atom stereocenters. The quantitative estimate of drug-likeness (QED) is 0.813. The molecule has 14 heavy (non-hydrogen) atoms. The summed E-state index contributed by atoms with van der Waals surface area (Å²) in [7, 11) is 0. The van der Waals surface area contributed by atoms with Gasteiger partial charge in [0.1, 0.15) is 16.9 Å². The Morgan fingerprint density at radius 1 is 1.57 bits per heavy atom. The SMILES string of the molecule is O=C1CCCC[C@H]1[C@@H](O)c1nccs1. The summed E-state index contributed by atoms with van der Waals surface area (Å²) in [4.78, 5) is 15.6. The number of hydrogen-bond donors (Lipinski definition) is 1. The highest BCUT2D eigenvalue weighted by atomic mass is 32.1. The van der Waals surface area contributed by atoms with Crippen LogP contribution in [0.3, 0.4) is 0 Å². The van der Waals surface area contributed by atoms with Crippen LogP contribution in [0.1, 0.15) is 36.8 Å². The molecule has 0 bridgehead atoms. The van der Waals surface area contributed by atoms with E-state index in [0.717, 1.165) is 19.3 Å². The standard InChI is InChI=1S/C10H13NO2S/c12-8-4-2-1-3-7(8)9(13)10-11-5-6-14-10/h5-7,9,13H,1-4H2/t7-,9-/m1/s1. The molecule has 2 rings (SSSR count). The molecule has 0 radical (unpaired) electrons. The molecule has 2 atom stereocenters. The molecule has 1 aromatic heterocycles. The monoisotopic (exact) mass is 211 g/mol. The van der Waals surface area contributed by atoms with Crippen LogP contribution >= 0.6 is 11.3 Å². The first kappa shape index (κ1) is 9.80. The van der Waals surface area contributed by atoms with Crippen LogP contribution in [-0.4, -0.2) is 15.9 Å². The van der Waals surface area contributed by atoms with Crippen LogP contribution in [0.2, 0.25) is 0 Å². The van der Waals surface area contributed by atoms with Gasteiger partial charge in [-0.25, -0.2) is 4.98 Å². The molecule has 0 amide bonds. The predicted octanol–water partition coefficient (Wildman–Crippen LogP) is 1.94. The minimum Gasteiger partial charge on any atom is -0.385 e. The van der Waals surface area contributed by atoms with Crippen molar-refractivity contribution < 1.29 is 9.90 Å². The van der Waals surface area contributed by atoms with Crippen LogP contribution < -0.4 is 0 Å². The lowest BCUT2D eigenvalue weighted by molar-refractivity contribution is -0.128. The number of Topliss-reactive ketones (excluding diaryl/α,β-unsaturated/α-hetero) is 1. The van der Waals surface area contributed by atoms with Gasteiger partial charge in [-0.05, 0) is 12.8 Å². The zero-order valence-electron chi connectivity index (χ0n) is 7.85. The first-order valence-corrected chi connectivity index (χ1v) is 5.77. The summed E-state index contributed by atoms with van der Waals surface area (Å²) in [5.74, 6) is -0.0196. The number of carbonyl (C=O) groups is 1. The van der Waals surface area contributed by atoms with Crippen molar-refractivity contribution in [2.45, 2.75) is 31.8 Å². The summed E-state index contributed by atoms with van der Waals surface area (Å²) in [5.41, 5.74) is 0. The molecule has 1 fully saturated rings. The summed E-state index contributed by atoms with van der Waals surface area (Å²) in [6.07, 6.45) is 4.42. The van der Waals surface area contributed by atoms with Gasteiger partial charge in [0.15, 0.2) is 0 Å². The second-order valence-corrected chi connectivity index (χ2v) is 4.56. The van der Waals surface area contributed by atoms with E-state index >= 15 is 0 Å². The number of thiazole rings is 1. The van der Waals surface area contributed by atoms with E-state index < -0.39 is 6.10 Å². The molecule has 1 aliphatic rings. The van der Waals surface area contributed by atoms with Gasteiger partial charge in [0.2, 0.25) is 0 Å². The second kappa shape index (κ2) is 4.19. The predicted molar refractivity (Wildman–Crippen MR) is 54.0 cm³/mol. The summed E-state index contributed by atoms with van der Waals surface area (Å²) >= 11 is 1.41. The molecule has 1 saturated carbocycles. The molecule has 1 aromatic rings. The van der Waals surface area contributed by atoms with E-state index in [1.54, 1.807) is 6.20 Å². The van der Waals surface area contributed by atoms with E-state index in [0.29, 0.717) is 11.4 Å². The maximum Gasteiger partial charge on any atom is 0.139 e. The molecule has 0 aromatic carbocycles. The third-order valence-electron chi connectivity index (χ3n) is 2.69. The van der Waals surface area contributed by atoms with Crippen LogP contribution in [-0.2, 0) is 4.79 Å². The second-order valence-electron chi connectivity index (χ2n) is 3.63. The van der Waals surface area contributed by atoms with Crippen molar-refractivity contribution in [3.05, 3.63) is 16.6 Å². The molecular formula is C10H13NO2S. The first-order chi connectivity index (χ1) is 6.79. The smallest absolute Gasteiger partial charge is 0.139 e. The molecule has 4 heteroatoms. The van der Waals surface area contributed by atoms with Gasteiger partial charge in [-0.15, -0.1) is 11.3 Å². The van der Waals surface area contributed by atoms with E-state index in [1.165, 1.54) is 11.3 Å². The number of aromatic nitrogens is 1. The van der Waals surface area contributed by atoms with Gasteiger partial charge in [0, 0.05) is 18.0 Å². The van der Waals surface area contributed by atoms with Crippen molar-refractivity contribution in [1.82, 2.24) is 4.98 Å². The molecule has 0 saturated heterocycles. The van der Waals surface area contributed by atoms with Crippen molar-refractivity contribution in [1.29, 1.82) is 0 Å². The van der Waals surface area contributed by atoms with Gasteiger partial charge in [-0.3, -0.25) is 4.79 Å².